The molecule has 6 nitrogen and oxygen atoms in total. The highest BCUT2D eigenvalue weighted by Gasteiger charge is 2.33. The molecule has 1 fully saturated rings. The molecule has 2 atom stereocenters. The average molecular weight is 236 g/mol. The van der Waals surface area contributed by atoms with Crippen LogP contribution in [0.1, 0.15) is 6.92 Å². The van der Waals surface area contributed by atoms with Crippen LogP contribution in [-0.4, -0.2) is 41.7 Å². The highest BCUT2D eigenvalue weighted by atomic mass is 16.5. The van der Waals surface area contributed by atoms with Crippen LogP contribution in [0.4, 0.5) is 5.82 Å². The zero-order chi connectivity index (χ0) is 12.1. The van der Waals surface area contributed by atoms with E-state index in [4.69, 9.17) is 4.74 Å². The minimum Gasteiger partial charge on any atom is -0.379 e. The zero-order valence-corrected chi connectivity index (χ0v) is 9.72. The summed E-state index contributed by atoms with van der Waals surface area (Å²) in [5.41, 5.74) is 0. The molecule has 1 aromatic heterocycles. The van der Waals surface area contributed by atoms with Crippen molar-refractivity contribution >= 4 is 11.7 Å². The molecule has 17 heavy (non-hydrogen) atoms. The lowest BCUT2D eigenvalue weighted by molar-refractivity contribution is -0.120. The number of hydrogen-bond acceptors (Lipinski definition) is 5. The van der Waals surface area contributed by atoms with Crippen LogP contribution in [0.5, 0.6) is 0 Å². The number of anilines is 1. The van der Waals surface area contributed by atoms with Crippen molar-refractivity contribution < 1.29 is 9.53 Å². The van der Waals surface area contributed by atoms with Crippen LogP contribution in [-0.2, 0) is 9.53 Å². The van der Waals surface area contributed by atoms with E-state index in [1.165, 1.54) is 6.20 Å². The minimum atomic E-state index is -0.169. The number of ether oxygens (including phenoxy) is 1. The molecule has 92 valence electrons. The topological polar surface area (TPSA) is 76.1 Å². The summed E-state index contributed by atoms with van der Waals surface area (Å²) in [5.74, 6) is 0.227. The van der Waals surface area contributed by atoms with Gasteiger partial charge in [0, 0.05) is 18.4 Å². The van der Waals surface area contributed by atoms with E-state index in [0.29, 0.717) is 19.0 Å². The highest BCUT2D eigenvalue weighted by molar-refractivity contribution is 5.92. The standard InChI is InChI=1S/C11H16N4O2/c1-2-13-9-7-17-6-8(9)11(16)15-10-5-12-3-4-14-10/h3-5,8-9,13H,2,6-7H2,1H3,(H,14,15,16). The second kappa shape index (κ2) is 5.70. The van der Waals surface area contributed by atoms with Crippen molar-refractivity contribution in [1.29, 1.82) is 0 Å². The van der Waals surface area contributed by atoms with Crippen LogP contribution < -0.4 is 10.6 Å². The van der Waals surface area contributed by atoms with Crippen LogP contribution >= 0.6 is 0 Å². The molecule has 1 saturated heterocycles. The number of hydrogen-bond donors (Lipinski definition) is 2. The molecular weight excluding hydrogens is 220 g/mol. The normalized spacial score (nSPS) is 23.6. The van der Waals surface area contributed by atoms with Gasteiger partial charge in [-0.05, 0) is 6.54 Å². The van der Waals surface area contributed by atoms with Crippen molar-refractivity contribution in [3.63, 3.8) is 0 Å². The molecule has 2 unspecified atom stereocenters. The smallest absolute Gasteiger partial charge is 0.232 e. The fraction of sp³-hybridized carbons (Fsp3) is 0.545. The van der Waals surface area contributed by atoms with Crippen LogP contribution in [0.2, 0.25) is 0 Å². The molecule has 0 saturated carbocycles. The summed E-state index contributed by atoms with van der Waals surface area (Å²) < 4.78 is 5.32. The Balaban J connectivity index is 1.95. The predicted molar refractivity (Wildman–Crippen MR) is 62.4 cm³/mol. The van der Waals surface area contributed by atoms with E-state index in [9.17, 15) is 4.79 Å². The Hall–Kier alpha value is -1.53. The van der Waals surface area contributed by atoms with Gasteiger partial charge in [-0.25, -0.2) is 4.98 Å². The molecular formula is C11H16N4O2. The van der Waals surface area contributed by atoms with Crippen LogP contribution in [0, 0.1) is 5.92 Å². The molecule has 0 aliphatic carbocycles. The monoisotopic (exact) mass is 236 g/mol. The van der Waals surface area contributed by atoms with E-state index in [0.717, 1.165) is 6.54 Å². The summed E-state index contributed by atoms with van der Waals surface area (Å²) in [6.07, 6.45) is 4.63. The number of carbonyl (C=O) groups is 1. The largest absolute Gasteiger partial charge is 0.379 e. The Morgan fingerprint density at radius 1 is 1.53 bits per heavy atom. The summed E-state index contributed by atoms with van der Waals surface area (Å²) in [5, 5.41) is 5.98. The third-order valence-electron chi connectivity index (χ3n) is 2.70. The van der Waals surface area contributed by atoms with Crippen LogP contribution in [0.15, 0.2) is 18.6 Å². The number of amides is 1. The van der Waals surface area contributed by atoms with Gasteiger partial charge >= 0.3 is 0 Å². The Morgan fingerprint density at radius 2 is 2.41 bits per heavy atom. The van der Waals surface area contributed by atoms with Crippen molar-refractivity contribution in [1.82, 2.24) is 15.3 Å². The van der Waals surface area contributed by atoms with E-state index in [1.807, 2.05) is 6.92 Å². The Bertz CT molecular complexity index is 371. The number of carbonyl (C=O) groups excluding carboxylic acids is 1. The first-order valence-corrected chi connectivity index (χ1v) is 5.69. The van der Waals surface area contributed by atoms with Crippen LogP contribution in [0.3, 0.4) is 0 Å². The SMILES string of the molecule is CCNC1COCC1C(=O)Nc1cnccn1. The quantitative estimate of drug-likeness (QED) is 0.772. The first-order valence-electron chi connectivity index (χ1n) is 5.69. The first-order chi connectivity index (χ1) is 8.31. The first kappa shape index (κ1) is 11.9. The summed E-state index contributed by atoms with van der Waals surface area (Å²) >= 11 is 0. The summed E-state index contributed by atoms with van der Waals surface area (Å²) in [4.78, 5) is 19.9. The zero-order valence-electron chi connectivity index (χ0n) is 9.72. The second-order valence-electron chi connectivity index (χ2n) is 3.89. The Morgan fingerprint density at radius 3 is 3.12 bits per heavy atom. The van der Waals surface area contributed by atoms with E-state index < -0.39 is 0 Å². The maximum absolute atomic E-state index is 12.0. The lowest BCUT2D eigenvalue weighted by Gasteiger charge is -2.17. The lowest BCUT2D eigenvalue weighted by Crippen LogP contribution is -2.41. The maximum atomic E-state index is 12.0. The summed E-state index contributed by atoms with van der Waals surface area (Å²) in [6.45, 7) is 3.86. The molecule has 0 radical (unpaired) electrons. The van der Waals surface area contributed by atoms with Gasteiger partial charge in [0.05, 0.1) is 25.3 Å². The molecule has 6 heteroatoms. The molecule has 0 bridgehead atoms. The molecule has 2 N–H and O–H groups in total. The fourth-order valence-electron chi connectivity index (χ4n) is 1.86. The average Bonchev–Trinajstić information content (AvgIpc) is 2.79. The van der Waals surface area contributed by atoms with E-state index in [1.54, 1.807) is 12.4 Å². The second-order valence-corrected chi connectivity index (χ2v) is 3.89. The van der Waals surface area contributed by atoms with Crippen molar-refractivity contribution in [2.24, 2.45) is 5.92 Å². The molecule has 0 spiro atoms. The minimum absolute atomic E-state index is 0.0750. The van der Waals surface area contributed by atoms with Gasteiger partial charge in [-0.2, -0.15) is 0 Å². The third-order valence-corrected chi connectivity index (χ3v) is 2.70. The van der Waals surface area contributed by atoms with E-state index in [-0.39, 0.29) is 17.9 Å². The molecule has 1 aliphatic rings. The number of rotatable bonds is 4. The van der Waals surface area contributed by atoms with E-state index in [2.05, 4.69) is 20.6 Å². The van der Waals surface area contributed by atoms with Crippen molar-refractivity contribution in [2.45, 2.75) is 13.0 Å². The predicted octanol–water partition coefficient (Wildman–Crippen LogP) is 0.0396. The van der Waals surface area contributed by atoms with Crippen molar-refractivity contribution in [3.8, 4) is 0 Å². The van der Waals surface area contributed by atoms with E-state index >= 15 is 0 Å². The Labute approximate surface area is 99.8 Å². The molecule has 1 aromatic rings. The van der Waals surface area contributed by atoms with Crippen LogP contribution in [0.25, 0.3) is 0 Å². The van der Waals surface area contributed by atoms with Gasteiger partial charge in [-0.1, -0.05) is 6.92 Å². The van der Waals surface area contributed by atoms with Gasteiger partial charge in [0.15, 0.2) is 5.82 Å². The summed E-state index contributed by atoms with van der Waals surface area (Å²) in [7, 11) is 0. The number of likely N-dealkylation sites (N-methyl/N-ethyl adjacent to an activating group) is 1. The molecule has 1 aliphatic heterocycles. The van der Waals surface area contributed by atoms with Crippen molar-refractivity contribution in [3.05, 3.63) is 18.6 Å². The maximum Gasteiger partial charge on any atom is 0.232 e. The molecule has 2 rings (SSSR count). The van der Waals surface area contributed by atoms with Gasteiger partial charge in [0.25, 0.3) is 0 Å². The summed E-state index contributed by atoms with van der Waals surface area (Å²) in [6, 6.07) is 0.0803. The Kier molecular flexibility index (Phi) is 4.00. The lowest BCUT2D eigenvalue weighted by atomic mass is 10.0. The molecule has 0 aromatic carbocycles. The van der Waals surface area contributed by atoms with Gasteiger partial charge in [-0.3, -0.25) is 9.78 Å². The number of aromatic nitrogens is 2. The van der Waals surface area contributed by atoms with Gasteiger partial charge in [0.1, 0.15) is 0 Å². The number of nitrogens with zero attached hydrogens (tertiary/aromatic N) is 2. The molecule has 1 amide bonds. The molecule has 2 heterocycles. The number of nitrogens with one attached hydrogen (secondary N) is 2. The highest BCUT2D eigenvalue weighted by Crippen LogP contribution is 2.15. The van der Waals surface area contributed by atoms with Gasteiger partial charge in [0.2, 0.25) is 5.91 Å². The van der Waals surface area contributed by atoms with Gasteiger partial charge in [-0.15, -0.1) is 0 Å². The van der Waals surface area contributed by atoms with Gasteiger partial charge < -0.3 is 15.4 Å². The fourth-order valence-corrected chi connectivity index (χ4v) is 1.86. The van der Waals surface area contributed by atoms with Crippen molar-refractivity contribution in [2.75, 3.05) is 25.1 Å². The third kappa shape index (κ3) is 2.98.